The van der Waals surface area contributed by atoms with Crippen LogP contribution in [-0.2, 0) is 11.4 Å². The van der Waals surface area contributed by atoms with Crippen LogP contribution in [0.25, 0.3) is 23.1 Å². The normalized spacial score (nSPS) is 11.0. The topological polar surface area (TPSA) is 66.9 Å². The van der Waals surface area contributed by atoms with Crippen molar-refractivity contribution in [1.82, 2.24) is 4.98 Å². The summed E-state index contributed by atoms with van der Waals surface area (Å²) in [6.45, 7) is 1.67. The number of carbonyl (C=O) groups excluding carboxylic acids is 1. The zero-order valence-electron chi connectivity index (χ0n) is 19.6. The summed E-state index contributed by atoms with van der Waals surface area (Å²) in [6.07, 6.45) is 3.76. The minimum absolute atomic E-state index is 0.240. The number of nitrogens with zero attached hydrogens (tertiary/aromatic N) is 1. The SMILES string of the molecule is COc1cc(/C=C\c2ccc3cccc(OCc4ccccc4Cl)c3n2)cc(OC)c1OC(C)=O. The van der Waals surface area contributed by atoms with E-state index < -0.39 is 5.97 Å². The molecule has 178 valence electrons. The van der Waals surface area contributed by atoms with Gasteiger partial charge in [0, 0.05) is 22.9 Å². The van der Waals surface area contributed by atoms with Crippen molar-refractivity contribution in [2.45, 2.75) is 13.5 Å². The maximum absolute atomic E-state index is 11.5. The van der Waals surface area contributed by atoms with Gasteiger partial charge >= 0.3 is 5.97 Å². The second kappa shape index (κ2) is 10.9. The van der Waals surface area contributed by atoms with Crippen molar-refractivity contribution in [2.75, 3.05) is 14.2 Å². The molecule has 0 fully saturated rings. The van der Waals surface area contributed by atoms with E-state index in [-0.39, 0.29) is 5.75 Å². The Morgan fingerprint density at radius 2 is 1.66 bits per heavy atom. The molecule has 0 radical (unpaired) electrons. The number of aromatic nitrogens is 1. The number of methoxy groups -OCH3 is 2. The van der Waals surface area contributed by atoms with Crippen molar-refractivity contribution in [3.8, 4) is 23.0 Å². The molecule has 4 aromatic rings. The first kappa shape index (κ1) is 24.1. The van der Waals surface area contributed by atoms with Crippen LogP contribution in [0.2, 0.25) is 5.02 Å². The maximum atomic E-state index is 11.5. The number of hydrogen-bond donors (Lipinski definition) is 0. The van der Waals surface area contributed by atoms with Crippen molar-refractivity contribution in [2.24, 2.45) is 0 Å². The van der Waals surface area contributed by atoms with Crippen LogP contribution in [0.4, 0.5) is 0 Å². The van der Waals surface area contributed by atoms with Gasteiger partial charge in [0.1, 0.15) is 17.9 Å². The van der Waals surface area contributed by atoms with Gasteiger partial charge in [-0.05, 0) is 42.0 Å². The van der Waals surface area contributed by atoms with Gasteiger partial charge in [-0.15, -0.1) is 0 Å². The van der Waals surface area contributed by atoms with Gasteiger partial charge in [-0.2, -0.15) is 0 Å². The highest BCUT2D eigenvalue weighted by Crippen LogP contribution is 2.39. The van der Waals surface area contributed by atoms with Gasteiger partial charge in [-0.1, -0.05) is 54.1 Å². The zero-order valence-corrected chi connectivity index (χ0v) is 20.3. The van der Waals surface area contributed by atoms with Gasteiger partial charge in [-0.3, -0.25) is 4.79 Å². The monoisotopic (exact) mass is 489 g/mol. The summed E-state index contributed by atoms with van der Waals surface area (Å²) < 4.78 is 22.1. The third-order valence-electron chi connectivity index (χ3n) is 5.22. The van der Waals surface area contributed by atoms with E-state index in [0.717, 1.165) is 27.7 Å². The van der Waals surface area contributed by atoms with Crippen LogP contribution >= 0.6 is 11.6 Å². The molecule has 4 rings (SSSR count). The fraction of sp³-hybridized carbons (Fsp3) is 0.143. The number of halogens is 1. The van der Waals surface area contributed by atoms with Crippen LogP contribution in [-0.4, -0.2) is 25.2 Å². The average molecular weight is 490 g/mol. The highest BCUT2D eigenvalue weighted by Gasteiger charge is 2.15. The van der Waals surface area contributed by atoms with Gasteiger partial charge in [0.05, 0.1) is 19.9 Å². The molecule has 0 N–H and O–H groups in total. The minimum atomic E-state index is -0.460. The molecule has 0 aliphatic rings. The van der Waals surface area contributed by atoms with E-state index in [0.29, 0.717) is 28.9 Å². The molecule has 0 aliphatic carbocycles. The molecule has 0 amide bonds. The summed E-state index contributed by atoms with van der Waals surface area (Å²) in [5.41, 5.74) is 3.19. The summed E-state index contributed by atoms with van der Waals surface area (Å²) in [5, 5.41) is 1.63. The van der Waals surface area contributed by atoms with Crippen LogP contribution in [0.1, 0.15) is 23.7 Å². The summed E-state index contributed by atoms with van der Waals surface area (Å²) in [7, 11) is 3.01. The number of pyridine rings is 1. The summed E-state index contributed by atoms with van der Waals surface area (Å²) in [6, 6.07) is 20.9. The van der Waals surface area contributed by atoms with Crippen molar-refractivity contribution in [1.29, 1.82) is 0 Å². The number of esters is 1. The second-order valence-electron chi connectivity index (χ2n) is 7.63. The molecule has 3 aromatic carbocycles. The standard InChI is InChI=1S/C28H24ClNO5/c1-18(31)35-28-25(32-2)15-19(16-26(28)33-3)11-13-22-14-12-20-8-6-10-24(27(20)30-22)34-17-21-7-4-5-9-23(21)29/h4-16H,17H2,1-3H3/b13-11-. The van der Waals surface area contributed by atoms with Crippen LogP contribution in [0.5, 0.6) is 23.0 Å². The Kier molecular flexibility index (Phi) is 7.53. The van der Waals surface area contributed by atoms with Crippen molar-refractivity contribution < 1.29 is 23.7 Å². The lowest BCUT2D eigenvalue weighted by Gasteiger charge is -2.13. The molecule has 0 spiro atoms. The Morgan fingerprint density at radius 3 is 2.34 bits per heavy atom. The highest BCUT2D eigenvalue weighted by molar-refractivity contribution is 6.31. The Hall–Kier alpha value is -4.03. The molecule has 0 bridgehead atoms. The number of hydrogen-bond acceptors (Lipinski definition) is 6. The van der Waals surface area contributed by atoms with Crippen LogP contribution in [0.15, 0.2) is 66.7 Å². The van der Waals surface area contributed by atoms with Crippen molar-refractivity contribution >= 4 is 40.6 Å². The Labute approximate surface area is 208 Å². The fourth-order valence-electron chi connectivity index (χ4n) is 3.54. The molecule has 1 aromatic heterocycles. The number of fused-ring (bicyclic) bond motifs is 1. The molecular weight excluding hydrogens is 466 g/mol. The molecule has 0 aliphatic heterocycles. The first-order valence-corrected chi connectivity index (χ1v) is 11.2. The maximum Gasteiger partial charge on any atom is 0.308 e. The third-order valence-corrected chi connectivity index (χ3v) is 5.59. The quantitative estimate of drug-likeness (QED) is 0.206. The first-order chi connectivity index (χ1) is 17.0. The van der Waals surface area contributed by atoms with E-state index >= 15 is 0 Å². The number of carbonyl (C=O) groups is 1. The number of ether oxygens (including phenoxy) is 4. The van der Waals surface area contributed by atoms with Gasteiger partial charge in [0.25, 0.3) is 0 Å². The molecule has 0 saturated carbocycles. The van der Waals surface area contributed by atoms with Gasteiger partial charge in [0.2, 0.25) is 5.75 Å². The highest BCUT2D eigenvalue weighted by atomic mass is 35.5. The largest absolute Gasteiger partial charge is 0.493 e. The van der Waals surface area contributed by atoms with E-state index in [1.165, 1.54) is 21.1 Å². The predicted octanol–water partition coefficient (Wildman–Crippen LogP) is 6.58. The Morgan fingerprint density at radius 1 is 0.914 bits per heavy atom. The van der Waals surface area contributed by atoms with Crippen molar-refractivity contribution in [3.05, 3.63) is 88.6 Å². The average Bonchev–Trinajstić information content (AvgIpc) is 2.87. The molecule has 7 heteroatoms. The van der Waals surface area contributed by atoms with E-state index in [2.05, 4.69) is 0 Å². The number of rotatable bonds is 8. The third kappa shape index (κ3) is 5.73. The molecule has 0 unspecified atom stereocenters. The van der Waals surface area contributed by atoms with E-state index in [1.807, 2.05) is 66.7 Å². The van der Waals surface area contributed by atoms with Gasteiger partial charge in [0.15, 0.2) is 11.5 Å². The van der Waals surface area contributed by atoms with Crippen LogP contribution in [0, 0.1) is 0 Å². The van der Waals surface area contributed by atoms with E-state index in [4.69, 9.17) is 35.5 Å². The number of benzene rings is 3. The Balaban J connectivity index is 1.62. The summed E-state index contributed by atoms with van der Waals surface area (Å²) in [5.74, 6) is 1.23. The van der Waals surface area contributed by atoms with E-state index in [1.54, 1.807) is 12.1 Å². The number of para-hydroxylation sites is 1. The molecule has 1 heterocycles. The Bertz CT molecular complexity index is 1370. The zero-order chi connectivity index (χ0) is 24.8. The lowest BCUT2D eigenvalue weighted by molar-refractivity contribution is -0.132. The second-order valence-corrected chi connectivity index (χ2v) is 8.03. The lowest BCUT2D eigenvalue weighted by Crippen LogP contribution is -2.05. The fourth-order valence-corrected chi connectivity index (χ4v) is 3.73. The smallest absolute Gasteiger partial charge is 0.308 e. The van der Waals surface area contributed by atoms with Crippen molar-refractivity contribution in [3.63, 3.8) is 0 Å². The minimum Gasteiger partial charge on any atom is -0.493 e. The molecule has 0 atom stereocenters. The van der Waals surface area contributed by atoms with Gasteiger partial charge < -0.3 is 18.9 Å². The van der Waals surface area contributed by atoms with E-state index in [9.17, 15) is 4.79 Å². The summed E-state index contributed by atoms with van der Waals surface area (Å²) in [4.78, 5) is 16.2. The van der Waals surface area contributed by atoms with Gasteiger partial charge in [-0.25, -0.2) is 4.98 Å². The predicted molar refractivity (Wildman–Crippen MR) is 137 cm³/mol. The van der Waals surface area contributed by atoms with Crippen LogP contribution in [0.3, 0.4) is 0 Å². The lowest BCUT2D eigenvalue weighted by atomic mass is 10.1. The first-order valence-electron chi connectivity index (χ1n) is 10.9. The molecular formula is C28H24ClNO5. The van der Waals surface area contributed by atoms with Crippen LogP contribution < -0.4 is 18.9 Å². The molecule has 0 saturated heterocycles. The molecule has 6 nitrogen and oxygen atoms in total. The molecule has 35 heavy (non-hydrogen) atoms. The summed E-state index contributed by atoms with van der Waals surface area (Å²) >= 11 is 6.26.